The molecule has 0 unspecified atom stereocenters. The summed E-state index contributed by atoms with van der Waals surface area (Å²) in [6, 6.07) is 12.5. The topological polar surface area (TPSA) is 52.1 Å². The first-order chi connectivity index (χ1) is 12.7. The third-order valence-electron chi connectivity index (χ3n) is 3.97. The van der Waals surface area contributed by atoms with E-state index in [1.165, 1.54) is 6.07 Å². The maximum absolute atomic E-state index is 13.7. The van der Waals surface area contributed by atoms with Crippen LogP contribution in [0.3, 0.4) is 0 Å². The molecule has 4 rings (SSSR count). The molecular weight excluding hydrogens is 373 g/mol. The second-order valence-electron chi connectivity index (χ2n) is 5.69. The molecule has 1 N–H and O–H groups in total. The van der Waals surface area contributed by atoms with Crippen LogP contribution in [0.5, 0.6) is 11.5 Å². The SMILES string of the molecule is Fc1ccccc1CSCc1n[nH]c(=S)n1-c1ccc2c(c1)OCCO2. The van der Waals surface area contributed by atoms with E-state index >= 15 is 0 Å². The standard InChI is InChI=1S/C18H16FN3O2S2/c19-14-4-2-1-3-12(14)10-26-11-17-20-21-18(25)22(17)13-5-6-15-16(9-13)24-8-7-23-15/h1-6,9H,7-8,10-11H2,(H,21,25). The van der Waals surface area contributed by atoms with Crippen molar-refractivity contribution in [3.05, 3.63) is 64.4 Å². The average Bonchev–Trinajstić information content (AvgIpc) is 3.03. The number of hydrogen-bond acceptors (Lipinski definition) is 5. The molecule has 0 bridgehead atoms. The van der Waals surface area contributed by atoms with Gasteiger partial charge < -0.3 is 9.47 Å². The first-order valence-electron chi connectivity index (χ1n) is 8.10. The average molecular weight is 389 g/mol. The second kappa shape index (κ2) is 7.51. The first kappa shape index (κ1) is 17.1. The number of nitrogens with zero attached hydrogens (tertiary/aromatic N) is 2. The summed E-state index contributed by atoms with van der Waals surface area (Å²) < 4.78 is 27.3. The second-order valence-corrected chi connectivity index (χ2v) is 7.06. The molecule has 3 aromatic rings. The van der Waals surface area contributed by atoms with Crippen molar-refractivity contribution >= 4 is 24.0 Å². The van der Waals surface area contributed by atoms with Crippen LogP contribution >= 0.6 is 24.0 Å². The Morgan fingerprint density at radius 3 is 2.77 bits per heavy atom. The number of fused-ring (bicyclic) bond motifs is 1. The van der Waals surface area contributed by atoms with Crippen molar-refractivity contribution in [2.24, 2.45) is 0 Å². The monoisotopic (exact) mass is 389 g/mol. The minimum absolute atomic E-state index is 0.189. The Balaban J connectivity index is 1.54. The number of H-pyrrole nitrogens is 1. The lowest BCUT2D eigenvalue weighted by Gasteiger charge is -2.19. The van der Waals surface area contributed by atoms with Gasteiger partial charge in [-0.2, -0.15) is 5.10 Å². The van der Waals surface area contributed by atoms with Gasteiger partial charge in [-0.25, -0.2) is 4.39 Å². The minimum Gasteiger partial charge on any atom is -0.486 e. The summed E-state index contributed by atoms with van der Waals surface area (Å²) in [6.07, 6.45) is 0. The van der Waals surface area contributed by atoms with Crippen molar-refractivity contribution in [3.8, 4) is 17.2 Å². The van der Waals surface area contributed by atoms with E-state index in [2.05, 4.69) is 10.2 Å². The van der Waals surface area contributed by atoms with Crippen LogP contribution in [-0.4, -0.2) is 28.0 Å². The lowest BCUT2D eigenvalue weighted by Crippen LogP contribution is -2.15. The summed E-state index contributed by atoms with van der Waals surface area (Å²) in [5, 5.41) is 7.15. The fourth-order valence-electron chi connectivity index (χ4n) is 2.73. The van der Waals surface area contributed by atoms with Gasteiger partial charge in [0.15, 0.2) is 16.3 Å². The summed E-state index contributed by atoms with van der Waals surface area (Å²) in [5.41, 5.74) is 1.53. The molecule has 1 aliphatic rings. The number of nitrogens with one attached hydrogen (secondary N) is 1. The number of hydrogen-bond donors (Lipinski definition) is 1. The van der Waals surface area contributed by atoms with Gasteiger partial charge in [0, 0.05) is 11.8 Å². The number of benzene rings is 2. The Kier molecular flexibility index (Phi) is 4.94. The van der Waals surface area contributed by atoms with Gasteiger partial charge in [0.05, 0.1) is 11.4 Å². The molecule has 1 aliphatic heterocycles. The van der Waals surface area contributed by atoms with E-state index < -0.39 is 0 Å². The zero-order valence-corrected chi connectivity index (χ0v) is 15.4. The summed E-state index contributed by atoms with van der Waals surface area (Å²) >= 11 is 6.96. The highest BCUT2D eigenvalue weighted by Crippen LogP contribution is 2.32. The molecule has 0 radical (unpaired) electrons. The van der Waals surface area contributed by atoms with Gasteiger partial charge in [-0.15, -0.1) is 11.8 Å². The Morgan fingerprint density at radius 2 is 1.92 bits per heavy atom. The van der Waals surface area contributed by atoms with E-state index in [1.807, 2.05) is 28.8 Å². The van der Waals surface area contributed by atoms with Gasteiger partial charge in [0.2, 0.25) is 0 Å². The molecule has 0 atom stereocenters. The molecule has 5 nitrogen and oxygen atoms in total. The summed E-state index contributed by atoms with van der Waals surface area (Å²) in [4.78, 5) is 0. The van der Waals surface area contributed by atoms with E-state index in [0.717, 1.165) is 17.3 Å². The normalized spacial score (nSPS) is 13.0. The van der Waals surface area contributed by atoms with Gasteiger partial charge in [-0.05, 0) is 36.0 Å². The number of ether oxygens (including phenoxy) is 2. The Hall–Kier alpha value is -2.32. The summed E-state index contributed by atoms with van der Waals surface area (Å²) in [6.45, 7) is 1.08. The molecule has 0 fully saturated rings. The van der Waals surface area contributed by atoms with Gasteiger partial charge >= 0.3 is 0 Å². The van der Waals surface area contributed by atoms with E-state index in [9.17, 15) is 4.39 Å². The lowest BCUT2D eigenvalue weighted by atomic mass is 10.2. The fraction of sp³-hybridized carbons (Fsp3) is 0.222. The zero-order chi connectivity index (χ0) is 17.9. The van der Waals surface area contributed by atoms with Crippen LogP contribution in [0.2, 0.25) is 0 Å². The molecule has 26 heavy (non-hydrogen) atoms. The van der Waals surface area contributed by atoms with Crippen LogP contribution in [0.15, 0.2) is 42.5 Å². The molecule has 0 saturated carbocycles. The van der Waals surface area contributed by atoms with Crippen LogP contribution in [0, 0.1) is 10.6 Å². The molecule has 1 aromatic heterocycles. The van der Waals surface area contributed by atoms with Crippen LogP contribution in [-0.2, 0) is 11.5 Å². The van der Waals surface area contributed by atoms with Crippen LogP contribution in [0.1, 0.15) is 11.4 Å². The van der Waals surface area contributed by atoms with E-state index in [4.69, 9.17) is 21.7 Å². The predicted molar refractivity (Wildman–Crippen MR) is 101 cm³/mol. The third kappa shape index (κ3) is 3.47. The van der Waals surface area contributed by atoms with Crippen molar-refractivity contribution in [1.82, 2.24) is 14.8 Å². The Bertz CT molecular complexity index is 987. The third-order valence-corrected chi connectivity index (χ3v) is 5.22. The van der Waals surface area contributed by atoms with E-state index in [0.29, 0.717) is 40.8 Å². The van der Waals surface area contributed by atoms with Gasteiger partial charge in [0.25, 0.3) is 0 Å². The maximum atomic E-state index is 13.7. The molecular formula is C18H16FN3O2S2. The lowest BCUT2D eigenvalue weighted by molar-refractivity contribution is 0.171. The highest BCUT2D eigenvalue weighted by Gasteiger charge is 2.15. The van der Waals surface area contributed by atoms with Gasteiger partial charge in [-0.1, -0.05) is 18.2 Å². The van der Waals surface area contributed by atoms with E-state index in [-0.39, 0.29) is 5.82 Å². The number of thioether (sulfide) groups is 1. The first-order valence-corrected chi connectivity index (χ1v) is 9.66. The number of aromatic nitrogens is 3. The minimum atomic E-state index is -0.189. The number of halogens is 1. The Labute approximate surface area is 159 Å². The maximum Gasteiger partial charge on any atom is 0.199 e. The van der Waals surface area contributed by atoms with Crippen molar-refractivity contribution in [1.29, 1.82) is 0 Å². The highest BCUT2D eigenvalue weighted by molar-refractivity contribution is 7.97. The van der Waals surface area contributed by atoms with Gasteiger partial charge in [-0.3, -0.25) is 9.67 Å². The fourth-order valence-corrected chi connectivity index (χ4v) is 3.92. The molecule has 2 aromatic carbocycles. The van der Waals surface area contributed by atoms with Crippen molar-refractivity contribution < 1.29 is 13.9 Å². The quantitative estimate of drug-likeness (QED) is 0.661. The molecule has 134 valence electrons. The van der Waals surface area contributed by atoms with Crippen molar-refractivity contribution in [2.75, 3.05) is 13.2 Å². The zero-order valence-electron chi connectivity index (χ0n) is 13.8. The molecule has 0 aliphatic carbocycles. The van der Waals surface area contributed by atoms with E-state index in [1.54, 1.807) is 23.9 Å². The predicted octanol–water partition coefficient (Wildman–Crippen LogP) is 4.27. The smallest absolute Gasteiger partial charge is 0.199 e. The summed E-state index contributed by atoms with van der Waals surface area (Å²) in [7, 11) is 0. The van der Waals surface area contributed by atoms with Crippen molar-refractivity contribution in [3.63, 3.8) is 0 Å². The molecule has 0 spiro atoms. The van der Waals surface area contributed by atoms with Gasteiger partial charge in [0.1, 0.15) is 24.9 Å². The molecule has 2 heterocycles. The number of rotatable bonds is 5. The summed E-state index contributed by atoms with van der Waals surface area (Å²) in [5.74, 6) is 3.16. The van der Waals surface area contributed by atoms with Crippen LogP contribution < -0.4 is 9.47 Å². The molecule has 0 saturated heterocycles. The largest absolute Gasteiger partial charge is 0.486 e. The van der Waals surface area contributed by atoms with Crippen LogP contribution in [0.4, 0.5) is 4.39 Å². The number of aromatic amines is 1. The molecule has 8 heteroatoms. The molecule has 0 amide bonds. The highest BCUT2D eigenvalue weighted by atomic mass is 32.2. The van der Waals surface area contributed by atoms with Crippen molar-refractivity contribution in [2.45, 2.75) is 11.5 Å². The van der Waals surface area contributed by atoms with Crippen LogP contribution in [0.25, 0.3) is 5.69 Å². The Morgan fingerprint density at radius 1 is 1.12 bits per heavy atom.